The third kappa shape index (κ3) is 2.81. The van der Waals surface area contributed by atoms with Crippen molar-refractivity contribution in [3.05, 3.63) is 33.6 Å². The van der Waals surface area contributed by atoms with E-state index < -0.39 is 28.5 Å². The molecule has 0 heterocycles. The maximum Gasteiger partial charge on any atom is 0.573 e. The average Bonchev–Trinajstić information content (AvgIpc) is 2.07. The molecule has 0 bridgehead atoms. The molecule has 0 saturated carbocycles. The normalized spacial score (nSPS) is 11.3. The van der Waals surface area contributed by atoms with Gasteiger partial charge in [0.05, 0.1) is 11.0 Å². The Morgan fingerprint density at radius 2 is 1.94 bits per heavy atom. The van der Waals surface area contributed by atoms with E-state index in [-0.39, 0.29) is 5.56 Å². The van der Waals surface area contributed by atoms with Crippen LogP contribution in [0.5, 0.6) is 5.75 Å². The van der Waals surface area contributed by atoms with Crippen molar-refractivity contribution in [3.63, 3.8) is 0 Å². The fraction of sp³-hybridized carbons (Fsp3) is 0.250. The Kier molecular flexibility index (Phi) is 3.02. The number of nitrogens with zero attached hydrogens (tertiary/aromatic N) is 1. The van der Waals surface area contributed by atoms with E-state index in [2.05, 4.69) is 4.74 Å². The monoisotopic (exact) mass is 239 g/mol. The minimum Gasteiger partial charge on any atom is -0.403 e. The lowest BCUT2D eigenvalue weighted by molar-refractivity contribution is -0.385. The molecule has 0 atom stereocenters. The van der Waals surface area contributed by atoms with Crippen molar-refractivity contribution in [1.29, 1.82) is 0 Å². The summed E-state index contributed by atoms with van der Waals surface area (Å²) >= 11 is 0. The number of hydrogen-bond acceptors (Lipinski definition) is 3. The molecule has 0 unspecified atom stereocenters. The van der Waals surface area contributed by atoms with Gasteiger partial charge in [0, 0.05) is 5.56 Å². The van der Waals surface area contributed by atoms with Crippen LogP contribution < -0.4 is 4.74 Å². The highest BCUT2D eigenvalue weighted by Gasteiger charge is 2.33. The van der Waals surface area contributed by atoms with Crippen molar-refractivity contribution in [3.8, 4) is 5.75 Å². The van der Waals surface area contributed by atoms with Gasteiger partial charge in [-0.1, -0.05) is 0 Å². The van der Waals surface area contributed by atoms with E-state index >= 15 is 0 Å². The van der Waals surface area contributed by atoms with Gasteiger partial charge in [0.1, 0.15) is 0 Å². The summed E-state index contributed by atoms with van der Waals surface area (Å²) in [4.78, 5) is 9.45. The van der Waals surface area contributed by atoms with E-state index in [9.17, 15) is 27.7 Å². The molecule has 16 heavy (non-hydrogen) atoms. The summed E-state index contributed by atoms with van der Waals surface area (Å²) in [7, 11) is 0. The first kappa shape index (κ1) is 12.2. The maximum atomic E-state index is 13.0. The summed E-state index contributed by atoms with van der Waals surface area (Å²) in [6.07, 6.45) is -5.04. The van der Waals surface area contributed by atoms with Crippen LogP contribution in [-0.2, 0) is 0 Å². The minimum atomic E-state index is -5.04. The topological polar surface area (TPSA) is 52.4 Å². The quantitative estimate of drug-likeness (QED) is 0.453. The number of rotatable bonds is 2. The molecule has 0 aliphatic rings. The van der Waals surface area contributed by atoms with Gasteiger partial charge in [0.15, 0.2) is 11.6 Å². The van der Waals surface area contributed by atoms with Gasteiger partial charge in [0.2, 0.25) is 0 Å². The molecule has 0 fully saturated rings. The van der Waals surface area contributed by atoms with Gasteiger partial charge < -0.3 is 4.74 Å². The Morgan fingerprint density at radius 1 is 1.38 bits per heavy atom. The Balaban J connectivity index is 3.16. The van der Waals surface area contributed by atoms with E-state index in [1.807, 2.05) is 0 Å². The van der Waals surface area contributed by atoms with Gasteiger partial charge in [-0.05, 0) is 13.0 Å². The van der Waals surface area contributed by atoms with E-state index in [1.54, 1.807) is 0 Å². The van der Waals surface area contributed by atoms with Crippen molar-refractivity contribution < 1.29 is 27.2 Å². The van der Waals surface area contributed by atoms with Gasteiger partial charge in [-0.25, -0.2) is 4.39 Å². The zero-order valence-electron chi connectivity index (χ0n) is 7.84. The lowest BCUT2D eigenvalue weighted by Gasteiger charge is -2.10. The highest BCUT2D eigenvalue weighted by molar-refractivity contribution is 5.45. The number of nitro groups is 1. The van der Waals surface area contributed by atoms with E-state index in [0.29, 0.717) is 12.1 Å². The second kappa shape index (κ2) is 3.95. The summed E-state index contributed by atoms with van der Waals surface area (Å²) in [6.45, 7) is 1.18. The molecular formula is C8H5F4NO3. The van der Waals surface area contributed by atoms with Gasteiger partial charge in [-0.2, -0.15) is 0 Å². The number of nitro benzene ring substituents is 1. The van der Waals surface area contributed by atoms with Gasteiger partial charge in [-0.3, -0.25) is 10.1 Å². The fourth-order valence-corrected chi connectivity index (χ4v) is 1.04. The maximum absolute atomic E-state index is 13.0. The first-order valence-corrected chi connectivity index (χ1v) is 3.91. The molecule has 0 amide bonds. The molecule has 88 valence electrons. The highest BCUT2D eigenvalue weighted by atomic mass is 19.4. The van der Waals surface area contributed by atoms with Crippen LogP contribution in [0.2, 0.25) is 0 Å². The third-order valence-corrected chi connectivity index (χ3v) is 1.67. The number of ether oxygens (including phenoxy) is 1. The summed E-state index contributed by atoms with van der Waals surface area (Å²) in [6, 6.07) is 1.01. The lowest BCUT2D eigenvalue weighted by atomic mass is 10.2. The predicted molar refractivity (Wildman–Crippen MR) is 44.5 cm³/mol. The van der Waals surface area contributed by atoms with Crippen molar-refractivity contribution in [1.82, 2.24) is 0 Å². The standard InChI is InChI=1S/C8H5F4NO3/c1-4-2-7(16-8(10,11)12)5(9)3-6(4)13(14)15/h2-3H,1H3. The van der Waals surface area contributed by atoms with Crippen LogP contribution in [0.15, 0.2) is 12.1 Å². The summed E-state index contributed by atoms with van der Waals surface area (Å²) < 4.78 is 51.7. The van der Waals surface area contributed by atoms with E-state index in [1.165, 1.54) is 6.92 Å². The molecule has 4 nitrogen and oxygen atoms in total. The predicted octanol–water partition coefficient (Wildman–Crippen LogP) is 2.94. The molecule has 8 heteroatoms. The van der Waals surface area contributed by atoms with Crippen LogP contribution in [0.3, 0.4) is 0 Å². The van der Waals surface area contributed by atoms with Crippen molar-refractivity contribution in [2.24, 2.45) is 0 Å². The van der Waals surface area contributed by atoms with Crippen molar-refractivity contribution >= 4 is 5.69 Å². The average molecular weight is 239 g/mol. The summed E-state index contributed by atoms with van der Waals surface area (Å²) in [5.41, 5.74) is -0.724. The van der Waals surface area contributed by atoms with Gasteiger partial charge in [-0.15, -0.1) is 13.2 Å². The molecule has 1 aromatic rings. The Bertz CT molecular complexity index is 430. The second-order valence-electron chi connectivity index (χ2n) is 2.87. The SMILES string of the molecule is Cc1cc(OC(F)(F)F)c(F)cc1[N+](=O)[O-]. The Labute approximate surface area is 86.6 Å². The number of halogens is 4. The zero-order chi connectivity index (χ0) is 12.5. The number of aryl methyl sites for hydroxylation is 1. The molecule has 1 aromatic carbocycles. The van der Waals surface area contributed by atoms with Crippen LogP contribution >= 0.6 is 0 Å². The number of benzene rings is 1. The molecule has 1 rings (SSSR count). The van der Waals surface area contributed by atoms with Crippen LogP contribution in [0, 0.1) is 22.9 Å². The number of hydrogen-bond donors (Lipinski definition) is 0. The van der Waals surface area contributed by atoms with Crippen LogP contribution in [0.4, 0.5) is 23.2 Å². The minimum absolute atomic E-state index is 0.120. The van der Waals surface area contributed by atoms with Crippen molar-refractivity contribution in [2.75, 3.05) is 0 Å². The summed E-state index contributed by atoms with van der Waals surface area (Å²) in [5, 5.41) is 10.3. The molecule has 0 spiro atoms. The van der Waals surface area contributed by atoms with Gasteiger partial charge in [0.25, 0.3) is 5.69 Å². The molecule has 0 aromatic heterocycles. The second-order valence-corrected chi connectivity index (χ2v) is 2.87. The van der Waals surface area contributed by atoms with Crippen molar-refractivity contribution in [2.45, 2.75) is 13.3 Å². The highest BCUT2D eigenvalue weighted by Crippen LogP contribution is 2.30. The van der Waals surface area contributed by atoms with Gasteiger partial charge >= 0.3 is 6.36 Å². The fourth-order valence-electron chi connectivity index (χ4n) is 1.04. The smallest absolute Gasteiger partial charge is 0.403 e. The first-order valence-electron chi connectivity index (χ1n) is 3.91. The lowest BCUT2D eigenvalue weighted by Crippen LogP contribution is -2.18. The molecule has 0 radical (unpaired) electrons. The van der Waals surface area contributed by atoms with Crippen LogP contribution in [-0.4, -0.2) is 11.3 Å². The van der Waals surface area contributed by atoms with Crippen LogP contribution in [0.1, 0.15) is 5.56 Å². The molecule has 0 aliphatic heterocycles. The molecule has 0 N–H and O–H groups in total. The first-order chi connectivity index (χ1) is 7.20. The van der Waals surface area contributed by atoms with Crippen LogP contribution in [0.25, 0.3) is 0 Å². The molecule has 0 aliphatic carbocycles. The third-order valence-electron chi connectivity index (χ3n) is 1.67. The summed E-state index contributed by atoms with van der Waals surface area (Å²) in [5.74, 6) is -2.52. The molecular weight excluding hydrogens is 234 g/mol. The largest absolute Gasteiger partial charge is 0.573 e. The zero-order valence-corrected chi connectivity index (χ0v) is 7.84. The Hall–Kier alpha value is -1.86. The molecule has 0 saturated heterocycles. The van der Waals surface area contributed by atoms with E-state index in [0.717, 1.165) is 0 Å². The van der Waals surface area contributed by atoms with E-state index in [4.69, 9.17) is 0 Å². The number of alkyl halides is 3. The Morgan fingerprint density at radius 3 is 2.38 bits per heavy atom.